The van der Waals surface area contributed by atoms with Crippen molar-refractivity contribution in [3.63, 3.8) is 0 Å². The van der Waals surface area contributed by atoms with Crippen LogP contribution in [0.3, 0.4) is 0 Å². The minimum absolute atomic E-state index is 0.0264. The van der Waals surface area contributed by atoms with E-state index >= 15 is 0 Å². The van der Waals surface area contributed by atoms with Gasteiger partial charge in [-0.3, -0.25) is 19.8 Å². The molecule has 0 bridgehead atoms. The Kier molecular flexibility index (Phi) is 5.29. The summed E-state index contributed by atoms with van der Waals surface area (Å²) >= 11 is 6.56. The highest BCUT2D eigenvalue weighted by Gasteiger charge is 2.33. The number of carbonyl (C=O) groups is 1. The maximum Gasteiger partial charge on any atom is 0.272 e. The molecule has 0 aromatic heterocycles. The Morgan fingerprint density at radius 3 is 2.44 bits per heavy atom. The van der Waals surface area contributed by atoms with Crippen LogP contribution in [0, 0.1) is 17.0 Å². The fourth-order valence-electron chi connectivity index (χ4n) is 2.65. The normalized spacial score (nSPS) is 15.5. The molecule has 6 nitrogen and oxygen atoms in total. The van der Waals surface area contributed by atoms with Crippen LogP contribution in [0.25, 0.3) is 6.08 Å². The number of carbonyl (C=O) groups excluding carboxylic acids is 1. The van der Waals surface area contributed by atoms with E-state index in [1.807, 2.05) is 43.3 Å². The van der Waals surface area contributed by atoms with Gasteiger partial charge in [0.1, 0.15) is 0 Å². The lowest BCUT2D eigenvalue weighted by molar-refractivity contribution is -0.385. The van der Waals surface area contributed by atoms with E-state index in [1.54, 1.807) is 25.1 Å². The van der Waals surface area contributed by atoms with E-state index in [1.165, 1.54) is 22.7 Å². The number of hydrogen-bond donors (Lipinski definition) is 0. The summed E-state index contributed by atoms with van der Waals surface area (Å²) < 4.78 is 0.436. The van der Waals surface area contributed by atoms with Gasteiger partial charge in [0.2, 0.25) is 0 Å². The van der Waals surface area contributed by atoms with Crippen molar-refractivity contribution >= 4 is 57.3 Å². The smallest absolute Gasteiger partial charge is 0.272 e. The number of nitro benzene ring substituents is 1. The molecule has 27 heavy (non-hydrogen) atoms. The minimum Gasteiger partial charge on any atom is -0.378 e. The Morgan fingerprint density at radius 2 is 1.85 bits per heavy atom. The first-order chi connectivity index (χ1) is 12.8. The topological polar surface area (TPSA) is 66.7 Å². The zero-order valence-corrected chi connectivity index (χ0v) is 16.6. The van der Waals surface area contributed by atoms with Crippen molar-refractivity contribution in [3.05, 3.63) is 68.6 Å². The van der Waals surface area contributed by atoms with Gasteiger partial charge in [0, 0.05) is 31.4 Å². The summed E-state index contributed by atoms with van der Waals surface area (Å²) in [5, 5.41) is 11.1. The highest BCUT2D eigenvalue weighted by Crippen LogP contribution is 2.36. The van der Waals surface area contributed by atoms with Gasteiger partial charge in [-0.05, 0) is 42.8 Å². The van der Waals surface area contributed by atoms with Crippen LogP contribution < -0.4 is 9.80 Å². The molecular weight excluding hydrogens is 382 g/mol. The highest BCUT2D eigenvalue weighted by atomic mass is 32.2. The molecule has 1 aliphatic rings. The van der Waals surface area contributed by atoms with Gasteiger partial charge in [-0.1, -0.05) is 36.1 Å². The van der Waals surface area contributed by atoms with E-state index in [9.17, 15) is 14.9 Å². The molecule has 138 valence electrons. The number of hydrogen-bond acceptors (Lipinski definition) is 6. The number of thioether (sulfide) groups is 1. The Labute approximate surface area is 166 Å². The predicted octanol–water partition coefficient (Wildman–Crippen LogP) is 4.38. The Balaban J connectivity index is 1.91. The summed E-state index contributed by atoms with van der Waals surface area (Å²) in [5.74, 6) is -0.231. The first-order valence-corrected chi connectivity index (χ1v) is 9.31. The van der Waals surface area contributed by atoms with Gasteiger partial charge in [-0.25, -0.2) is 0 Å². The van der Waals surface area contributed by atoms with Gasteiger partial charge in [-0.2, -0.15) is 0 Å². The first kappa shape index (κ1) is 19.1. The van der Waals surface area contributed by atoms with Crippen molar-refractivity contribution in [1.82, 2.24) is 0 Å². The molecule has 0 saturated carbocycles. The summed E-state index contributed by atoms with van der Waals surface area (Å²) in [4.78, 5) is 27.4. The lowest BCUT2D eigenvalue weighted by Crippen LogP contribution is -2.27. The molecule has 8 heteroatoms. The quantitative estimate of drug-likeness (QED) is 0.329. The van der Waals surface area contributed by atoms with E-state index < -0.39 is 4.92 Å². The second-order valence-corrected chi connectivity index (χ2v) is 7.91. The number of benzene rings is 2. The number of aryl methyl sites for hydroxylation is 1. The lowest BCUT2D eigenvalue weighted by Gasteiger charge is -2.17. The fraction of sp³-hybridized carbons (Fsp3) is 0.158. The maximum atomic E-state index is 12.8. The van der Waals surface area contributed by atoms with Crippen molar-refractivity contribution in [2.45, 2.75) is 6.92 Å². The predicted molar refractivity (Wildman–Crippen MR) is 114 cm³/mol. The monoisotopic (exact) mass is 399 g/mol. The number of nitrogens with zero attached hydrogens (tertiary/aromatic N) is 3. The van der Waals surface area contributed by atoms with Gasteiger partial charge in [0.15, 0.2) is 4.32 Å². The molecule has 3 rings (SSSR count). The zero-order chi connectivity index (χ0) is 19.7. The van der Waals surface area contributed by atoms with Crippen LogP contribution in [-0.2, 0) is 4.79 Å². The van der Waals surface area contributed by atoms with E-state index in [-0.39, 0.29) is 11.6 Å². The van der Waals surface area contributed by atoms with Crippen LogP contribution in [0.2, 0.25) is 0 Å². The summed E-state index contributed by atoms with van der Waals surface area (Å²) in [7, 11) is 3.89. The average Bonchev–Trinajstić information content (AvgIpc) is 2.90. The van der Waals surface area contributed by atoms with Crippen molar-refractivity contribution in [3.8, 4) is 0 Å². The average molecular weight is 399 g/mol. The lowest BCUT2D eigenvalue weighted by atomic mass is 10.1. The molecule has 1 saturated heterocycles. The molecule has 0 spiro atoms. The van der Waals surface area contributed by atoms with Gasteiger partial charge in [-0.15, -0.1) is 0 Å². The van der Waals surface area contributed by atoms with Crippen LogP contribution in [0.4, 0.5) is 17.1 Å². The molecule has 2 aromatic rings. The van der Waals surface area contributed by atoms with Gasteiger partial charge in [0.05, 0.1) is 15.5 Å². The molecule has 1 fully saturated rings. The molecule has 0 aliphatic carbocycles. The molecule has 1 amide bonds. The minimum atomic E-state index is -0.426. The molecule has 0 radical (unpaired) electrons. The Hall–Kier alpha value is -2.71. The third kappa shape index (κ3) is 3.86. The molecule has 2 aromatic carbocycles. The van der Waals surface area contributed by atoms with Crippen LogP contribution in [0.1, 0.15) is 11.1 Å². The Morgan fingerprint density at radius 1 is 1.19 bits per heavy atom. The van der Waals surface area contributed by atoms with Crippen LogP contribution >= 0.6 is 24.0 Å². The molecule has 0 atom stereocenters. The Bertz CT molecular complexity index is 969. The SMILES string of the molecule is Cc1ccc(/C=C2/SC(=S)N(c3ccc(N(C)C)cc3)C2=O)cc1[N+](=O)[O-]. The van der Waals surface area contributed by atoms with E-state index in [0.29, 0.717) is 26.0 Å². The van der Waals surface area contributed by atoms with Crippen LogP contribution in [0.5, 0.6) is 0 Å². The first-order valence-electron chi connectivity index (χ1n) is 8.08. The number of rotatable bonds is 4. The summed E-state index contributed by atoms with van der Waals surface area (Å²) in [6, 6.07) is 12.4. The van der Waals surface area contributed by atoms with Crippen LogP contribution in [0.15, 0.2) is 47.4 Å². The van der Waals surface area contributed by atoms with Gasteiger partial charge >= 0.3 is 0 Å². The standard InChI is InChI=1S/C19H17N3O3S2/c1-12-4-5-13(10-16(12)22(24)25)11-17-18(23)21(19(26)27-17)15-8-6-14(7-9-15)20(2)3/h4-11H,1-3H3/b17-11+. The largest absolute Gasteiger partial charge is 0.378 e. The third-order valence-corrected chi connectivity index (χ3v) is 5.45. The van der Waals surface area contributed by atoms with E-state index in [2.05, 4.69) is 0 Å². The number of nitro groups is 1. The number of amides is 1. The van der Waals surface area contributed by atoms with Crippen molar-refractivity contribution in [1.29, 1.82) is 0 Å². The molecule has 0 unspecified atom stereocenters. The second-order valence-electron chi connectivity index (χ2n) is 6.23. The van der Waals surface area contributed by atoms with Crippen LogP contribution in [-0.4, -0.2) is 29.2 Å². The summed E-state index contributed by atoms with van der Waals surface area (Å²) in [5.41, 5.74) is 2.91. The summed E-state index contributed by atoms with van der Waals surface area (Å²) in [6.45, 7) is 1.68. The van der Waals surface area contributed by atoms with E-state index in [0.717, 1.165) is 5.69 Å². The van der Waals surface area contributed by atoms with Gasteiger partial charge < -0.3 is 4.90 Å². The molecule has 1 heterocycles. The molecule has 1 aliphatic heterocycles. The van der Waals surface area contributed by atoms with Gasteiger partial charge in [0.25, 0.3) is 11.6 Å². The van der Waals surface area contributed by atoms with Crippen molar-refractivity contribution < 1.29 is 9.72 Å². The van der Waals surface area contributed by atoms with Crippen molar-refractivity contribution in [2.75, 3.05) is 23.9 Å². The number of thiocarbonyl (C=S) groups is 1. The molecular formula is C19H17N3O3S2. The second kappa shape index (κ2) is 7.50. The fourth-order valence-corrected chi connectivity index (χ4v) is 3.95. The number of anilines is 2. The summed E-state index contributed by atoms with van der Waals surface area (Å²) in [6.07, 6.45) is 1.64. The van der Waals surface area contributed by atoms with Crippen molar-refractivity contribution in [2.24, 2.45) is 0 Å². The third-order valence-electron chi connectivity index (χ3n) is 4.15. The highest BCUT2D eigenvalue weighted by molar-refractivity contribution is 8.27. The zero-order valence-electron chi connectivity index (χ0n) is 15.0. The molecule has 0 N–H and O–H groups in total. The van der Waals surface area contributed by atoms with E-state index in [4.69, 9.17) is 12.2 Å². The maximum absolute atomic E-state index is 12.8.